The summed E-state index contributed by atoms with van der Waals surface area (Å²) in [6, 6.07) is -1.03. The molecule has 0 fully saturated rings. The summed E-state index contributed by atoms with van der Waals surface area (Å²) in [5, 5.41) is 9.36. The van der Waals surface area contributed by atoms with Gasteiger partial charge in [0, 0.05) is 19.8 Å². The van der Waals surface area contributed by atoms with Crippen LogP contribution in [0.3, 0.4) is 0 Å². The van der Waals surface area contributed by atoms with Crippen LogP contribution in [0.25, 0.3) is 0 Å². The van der Waals surface area contributed by atoms with E-state index in [1.165, 1.54) is 0 Å². The third kappa shape index (κ3) is 7.71. The molecule has 2 atom stereocenters. The highest BCUT2D eigenvalue weighted by Gasteiger charge is 2.53. The number of carboxylic acids is 1. The van der Waals surface area contributed by atoms with Gasteiger partial charge >= 0.3 is 20.9 Å². The number of hydrogen-bond donors (Lipinski definition) is 1. The number of esters is 1. The Bertz CT molecular complexity index is 405. The second kappa shape index (κ2) is 13.2. The standard InChI is InChI=1S/C17H35NO7Si/c1-7-12-18(26(22-9-3,23-10-4)24-11-5)15(13-16(19)20)17(21)25-14(6)8-2/h14-15H,7-13H2,1-6H3,(H,19,20). The zero-order valence-electron chi connectivity index (χ0n) is 16.9. The number of aliphatic carboxylic acids is 1. The van der Waals surface area contributed by atoms with Crippen LogP contribution in [0.15, 0.2) is 0 Å². The maximum absolute atomic E-state index is 12.8. The smallest absolute Gasteiger partial charge is 0.481 e. The molecule has 9 heteroatoms. The molecule has 0 aromatic heterocycles. The van der Waals surface area contributed by atoms with Crippen LogP contribution in [-0.2, 0) is 27.6 Å². The van der Waals surface area contributed by atoms with E-state index in [0.717, 1.165) is 0 Å². The number of carbonyl (C=O) groups excluding carboxylic acids is 1. The molecule has 0 saturated heterocycles. The largest absolute Gasteiger partial charge is 0.600 e. The molecule has 8 nitrogen and oxygen atoms in total. The van der Waals surface area contributed by atoms with Gasteiger partial charge in [0.15, 0.2) is 0 Å². The molecular formula is C17H35NO7Si. The predicted octanol–water partition coefficient (Wildman–Crippen LogP) is 2.43. The molecule has 26 heavy (non-hydrogen) atoms. The quantitative estimate of drug-likeness (QED) is 0.335. The molecule has 0 radical (unpaired) electrons. The minimum Gasteiger partial charge on any atom is -0.481 e. The first-order chi connectivity index (χ1) is 12.3. The summed E-state index contributed by atoms with van der Waals surface area (Å²) in [5.74, 6) is -1.68. The molecule has 0 spiro atoms. The Morgan fingerprint density at radius 3 is 1.85 bits per heavy atom. The third-order valence-corrected chi connectivity index (χ3v) is 6.90. The van der Waals surface area contributed by atoms with Crippen LogP contribution in [0.1, 0.15) is 60.8 Å². The highest BCUT2D eigenvalue weighted by molar-refractivity contribution is 6.58. The van der Waals surface area contributed by atoms with Crippen molar-refractivity contribution in [2.45, 2.75) is 73.0 Å². The van der Waals surface area contributed by atoms with E-state index >= 15 is 0 Å². The van der Waals surface area contributed by atoms with Gasteiger partial charge in [-0.2, -0.15) is 0 Å². The van der Waals surface area contributed by atoms with Crippen molar-refractivity contribution < 1.29 is 32.7 Å². The summed E-state index contributed by atoms with van der Waals surface area (Å²) >= 11 is 0. The molecule has 0 heterocycles. The Labute approximate surface area is 158 Å². The first kappa shape index (κ1) is 25.0. The van der Waals surface area contributed by atoms with Gasteiger partial charge in [-0.05, 0) is 47.1 Å². The highest BCUT2D eigenvalue weighted by Crippen LogP contribution is 2.23. The van der Waals surface area contributed by atoms with Crippen molar-refractivity contribution in [3.05, 3.63) is 0 Å². The number of carboxylic acid groups (broad SMARTS) is 1. The van der Waals surface area contributed by atoms with Crippen LogP contribution in [0.5, 0.6) is 0 Å². The van der Waals surface area contributed by atoms with Gasteiger partial charge < -0.3 is 23.1 Å². The number of hydrogen-bond acceptors (Lipinski definition) is 7. The molecule has 2 unspecified atom stereocenters. The van der Waals surface area contributed by atoms with Crippen LogP contribution in [0.4, 0.5) is 0 Å². The topological polar surface area (TPSA) is 94.5 Å². The van der Waals surface area contributed by atoms with Gasteiger partial charge in [0.2, 0.25) is 0 Å². The fourth-order valence-electron chi connectivity index (χ4n) is 2.49. The normalized spacial score (nSPS) is 14.3. The van der Waals surface area contributed by atoms with E-state index in [2.05, 4.69) is 0 Å². The van der Waals surface area contributed by atoms with E-state index < -0.39 is 33.4 Å². The van der Waals surface area contributed by atoms with Gasteiger partial charge in [-0.1, -0.05) is 13.8 Å². The Balaban J connectivity index is 5.95. The number of rotatable bonds is 15. The highest BCUT2D eigenvalue weighted by atomic mass is 28.4. The monoisotopic (exact) mass is 393 g/mol. The molecule has 154 valence electrons. The summed E-state index contributed by atoms with van der Waals surface area (Å²) in [4.78, 5) is 24.2. The van der Waals surface area contributed by atoms with Crippen LogP contribution in [0, 0.1) is 0 Å². The van der Waals surface area contributed by atoms with Crippen molar-refractivity contribution in [3.8, 4) is 0 Å². The zero-order valence-corrected chi connectivity index (χ0v) is 17.9. The van der Waals surface area contributed by atoms with Crippen molar-refractivity contribution >= 4 is 20.9 Å². The van der Waals surface area contributed by atoms with Gasteiger partial charge in [-0.3, -0.25) is 9.59 Å². The van der Waals surface area contributed by atoms with Gasteiger partial charge in [0.05, 0.1) is 12.5 Å². The predicted molar refractivity (Wildman–Crippen MR) is 99.5 cm³/mol. The van der Waals surface area contributed by atoms with Gasteiger partial charge in [0.1, 0.15) is 6.04 Å². The summed E-state index contributed by atoms with van der Waals surface area (Å²) < 4.78 is 24.8. The molecule has 0 aliphatic heterocycles. The minimum atomic E-state index is -3.43. The van der Waals surface area contributed by atoms with E-state index in [1.807, 2.05) is 34.6 Å². The van der Waals surface area contributed by atoms with Gasteiger partial charge in [-0.25, -0.2) is 4.57 Å². The molecule has 0 bridgehead atoms. The van der Waals surface area contributed by atoms with Crippen LogP contribution in [-0.4, -0.2) is 69.1 Å². The zero-order chi connectivity index (χ0) is 20.2. The Hall–Kier alpha value is -1.00. The summed E-state index contributed by atoms with van der Waals surface area (Å²) in [6.45, 7) is 12.4. The van der Waals surface area contributed by atoms with Gasteiger partial charge in [-0.15, -0.1) is 0 Å². The number of carbonyl (C=O) groups is 2. The van der Waals surface area contributed by atoms with Crippen molar-refractivity contribution in [3.63, 3.8) is 0 Å². The Morgan fingerprint density at radius 1 is 1.00 bits per heavy atom. The van der Waals surface area contributed by atoms with Gasteiger partial charge in [0.25, 0.3) is 0 Å². The fraction of sp³-hybridized carbons (Fsp3) is 0.882. The van der Waals surface area contributed by atoms with Crippen molar-refractivity contribution in [1.82, 2.24) is 4.57 Å². The maximum atomic E-state index is 12.8. The van der Waals surface area contributed by atoms with Crippen molar-refractivity contribution in [2.24, 2.45) is 0 Å². The Morgan fingerprint density at radius 2 is 1.50 bits per heavy atom. The van der Waals surface area contributed by atoms with E-state index in [9.17, 15) is 14.7 Å². The molecular weight excluding hydrogens is 358 g/mol. The molecule has 0 aliphatic carbocycles. The first-order valence-electron chi connectivity index (χ1n) is 9.42. The maximum Gasteiger partial charge on any atom is 0.600 e. The molecule has 0 aromatic carbocycles. The summed E-state index contributed by atoms with van der Waals surface area (Å²) in [5.41, 5.74) is 0. The lowest BCUT2D eigenvalue weighted by Gasteiger charge is -2.40. The van der Waals surface area contributed by atoms with Crippen molar-refractivity contribution in [2.75, 3.05) is 26.4 Å². The molecule has 0 aliphatic rings. The van der Waals surface area contributed by atoms with Crippen LogP contribution < -0.4 is 0 Å². The summed E-state index contributed by atoms with van der Waals surface area (Å²) in [6.07, 6.45) is 0.612. The van der Waals surface area contributed by atoms with Crippen LogP contribution in [0.2, 0.25) is 0 Å². The average Bonchev–Trinajstić information content (AvgIpc) is 2.58. The summed E-state index contributed by atoms with van der Waals surface area (Å²) in [7, 11) is -3.43. The number of nitrogens with zero attached hydrogens (tertiary/aromatic N) is 1. The SMILES string of the molecule is CCCN(C(CC(=O)O)C(=O)OC(C)CC)[Si](OCC)(OCC)OCC. The Kier molecular flexibility index (Phi) is 12.7. The first-order valence-corrected chi connectivity index (χ1v) is 11.1. The molecule has 1 N–H and O–H groups in total. The second-order valence-electron chi connectivity index (χ2n) is 5.79. The van der Waals surface area contributed by atoms with Crippen LogP contribution >= 0.6 is 0 Å². The lowest BCUT2D eigenvalue weighted by Crippen LogP contribution is -2.66. The van der Waals surface area contributed by atoms with E-state index in [-0.39, 0.29) is 6.10 Å². The molecule has 0 rings (SSSR count). The molecule has 0 aromatic rings. The van der Waals surface area contributed by atoms with E-state index in [0.29, 0.717) is 39.2 Å². The fourth-order valence-corrected chi connectivity index (χ4v) is 5.41. The average molecular weight is 394 g/mol. The van der Waals surface area contributed by atoms with E-state index in [1.54, 1.807) is 11.5 Å². The lowest BCUT2D eigenvalue weighted by molar-refractivity contribution is -0.159. The second-order valence-corrected chi connectivity index (χ2v) is 8.27. The van der Waals surface area contributed by atoms with Crippen molar-refractivity contribution in [1.29, 1.82) is 0 Å². The minimum absolute atomic E-state index is 0.301. The number of ether oxygens (including phenoxy) is 1. The third-order valence-electron chi connectivity index (χ3n) is 3.71. The van der Waals surface area contributed by atoms with E-state index in [4.69, 9.17) is 18.0 Å². The lowest BCUT2D eigenvalue weighted by atomic mass is 10.2. The molecule has 0 saturated carbocycles. The molecule has 0 amide bonds.